The van der Waals surface area contributed by atoms with Crippen molar-refractivity contribution in [3.63, 3.8) is 0 Å². The topological polar surface area (TPSA) is 35.6 Å². The minimum Gasteiger partial charge on any atom is -0.344 e. The van der Waals surface area contributed by atoms with Gasteiger partial charge in [0, 0.05) is 52.2 Å². The fraction of sp³-hybridized carbons (Fsp3) is 0.933. The number of carbonyl (C=O) groups excluding carboxylic acids is 1. The zero-order valence-corrected chi connectivity index (χ0v) is 12.1. The van der Waals surface area contributed by atoms with Crippen molar-refractivity contribution in [1.29, 1.82) is 0 Å². The molecule has 108 valence electrons. The van der Waals surface area contributed by atoms with Crippen LogP contribution in [0.3, 0.4) is 0 Å². The number of piperazine rings is 1. The molecule has 0 bridgehead atoms. The Morgan fingerprint density at radius 2 is 1.84 bits per heavy atom. The third kappa shape index (κ3) is 2.95. The molecule has 0 aromatic heterocycles. The number of hydrogen-bond acceptors (Lipinski definition) is 3. The van der Waals surface area contributed by atoms with Crippen LogP contribution in [0.4, 0.5) is 0 Å². The van der Waals surface area contributed by atoms with Gasteiger partial charge in [-0.2, -0.15) is 0 Å². The Morgan fingerprint density at radius 1 is 1.21 bits per heavy atom. The number of fused-ring (bicyclic) bond motifs is 1. The number of carbonyl (C=O) groups is 1. The molecule has 1 heterocycles. The van der Waals surface area contributed by atoms with Gasteiger partial charge < -0.3 is 10.2 Å². The van der Waals surface area contributed by atoms with Gasteiger partial charge in [-0.3, -0.25) is 9.69 Å². The molecule has 0 aromatic carbocycles. The van der Waals surface area contributed by atoms with Gasteiger partial charge in [0.2, 0.25) is 5.91 Å². The molecule has 2 aliphatic carbocycles. The first-order valence-electron chi connectivity index (χ1n) is 7.95. The van der Waals surface area contributed by atoms with Crippen LogP contribution in [0.5, 0.6) is 0 Å². The molecule has 2 unspecified atom stereocenters. The van der Waals surface area contributed by atoms with E-state index in [9.17, 15) is 4.79 Å². The predicted molar refractivity (Wildman–Crippen MR) is 75.9 cm³/mol. The van der Waals surface area contributed by atoms with Crippen molar-refractivity contribution in [3.8, 4) is 0 Å². The van der Waals surface area contributed by atoms with Crippen LogP contribution in [0.2, 0.25) is 0 Å². The molecule has 0 spiro atoms. The summed E-state index contributed by atoms with van der Waals surface area (Å²) in [6, 6.07) is 0. The molecule has 1 aliphatic heterocycles. The van der Waals surface area contributed by atoms with Gasteiger partial charge in [-0.05, 0) is 24.7 Å². The third-order valence-electron chi connectivity index (χ3n) is 5.28. The van der Waals surface area contributed by atoms with E-state index in [4.69, 9.17) is 0 Å². The zero-order valence-electron chi connectivity index (χ0n) is 12.1. The molecular formula is C15H27N3O. The van der Waals surface area contributed by atoms with E-state index in [1.165, 1.54) is 25.7 Å². The van der Waals surface area contributed by atoms with Crippen LogP contribution in [0, 0.1) is 17.8 Å². The van der Waals surface area contributed by atoms with Crippen LogP contribution in [0.1, 0.15) is 25.7 Å². The van der Waals surface area contributed by atoms with E-state index in [0.29, 0.717) is 11.8 Å². The summed E-state index contributed by atoms with van der Waals surface area (Å²) in [5.41, 5.74) is 0. The summed E-state index contributed by atoms with van der Waals surface area (Å²) in [7, 11) is 1.99. The summed E-state index contributed by atoms with van der Waals surface area (Å²) in [5, 5.41) is 3.36. The molecule has 4 heteroatoms. The minimum absolute atomic E-state index is 0.385. The highest BCUT2D eigenvalue weighted by Gasteiger charge is 2.55. The van der Waals surface area contributed by atoms with E-state index >= 15 is 0 Å². The van der Waals surface area contributed by atoms with Crippen LogP contribution in [-0.4, -0.2) is 62.0 Å². The molecule has 3 aliphatic rings. The quantitative estimate of drug-likeness (QED) is 0.816. The molecule has 1 N–H and O–H groups in total. The number of amides is 1. The molecular weight excluding hydrogens is 238 g/mol. The van der Waals surface area contributed by atoms with Gasteiger partial charge in [0.05, 0.1) is 0 Å². The first-order chi connectivity index (χ1) is 9.27. The first kappa shape index (κ1) is 13.4. The van der Waals surface area contributed by atoms with Gasteiger partial charge in [-0.15, -0.1) is 0 Å². The predicted octanol–water partition coefficient (Wildman–Crippen LogP) is 0.786. The molecule has 3 rings (SSSR count). The van der Waals surface area contributed by atoms with Crippen LogP contribution in [0.15, 0.2) is 0 Å². The maximum Gasteiger partial charge on any atom is 0.226 e. The van der Waals surface area contributed by atoms with Crippen molar-refractivity contribution < 1.29 is 4.79 Å². The lowest BCUT2D eigenvalue weighted by molar-refractivity contribution is -0.132. The van der Waals surface area contributed by atoms with E-state index in [1.807, 2.05) is 11.9 Å². The summed E-state index contributed by atoms with van der Waals surface area (Å²) in [4.78, 5) is 16.9. The van der Waals surface area contributed by atoms with E-state index in [1.54, 1.807) is 0 Å². The molecule has 19 heavy (non-hydrogen) atoms. The normalized spacial score (nSPS) is 34.7. The third-order valence-corrected chi connectivity index (χ3v) is 5.28. The monoisotopic (exact) mass is 265 g/mol. The Morgan fingerprint density at radius 3 is 2.47 bits per heavy atom. The van der Waals surface area contributed by atoms with Crippen molar-refractivity contribution in [2.24, 2.45) is 17.8 Å². The van der Waals surface area contributed by atoms with Crippen molar-refractivity contribution >= 4 is 5.91 Å². The standard InChI is InChI=1S/C15H27N3O/c1-17(10-11-18-8-6-16-7-9-18)15(19)14-12-4-2-3-5-13(12)14/h12-14,16H,2-11H2,1H3. The molecule has 2 saturated carbocycles. The van der Waals surface area contributed by atoms with Gasteiger partial charge in [-0.1, -0.05) is 12.8 Å². The Hall–Kier alpha value is -0.610. The molecule has 4 nitrogen and oxygen atoms in total. The second kappa shape index (κ2) is 5.80. The van der Waals surface area contributed by atoms with Crippen LogP contribution in [0.25, 0.3) is 0 Å². The van der Waals surface area contributed by atoms with E-state index in [2.05, 4.69) is 10.2 Å². The molecule has 2 atom stereocenters. The Kier molecular flexibility index (Phi) is 4.08. The zero-order chi connectivity index (χ0) is 13.2. The summed E-state index contributed by atoms with van der Waals surface area (Å²) in [6.07, 6.45) is 5.28. The summed E-state index contributed by atoms with van der Waals surface area (Å²) in [5.74, 6) is 2.29. The van der Waals surface area contributed by atoms with Crippen LogP contribution in [-0.2, 0) is 4.79 Å². The Bertz CT molecular complexity index is 315. The average molecular weight is 265 g/mol. The van der Waals surface area contributed by atoms with Crippen molar-refractivity contribution in [1.82, 2.24) is 15.1 Å². The first-order valence-corrected chi connectivity index (χ1v) is 7.95. The smallest absolute Gasteiger partial charge is 0.226 e. The molecule has 1 saturated heterocycles. The van der Waals surface area contributed by atoms with Gasteiger partial charge >= 0.3 is 0 Å². The maximum atomic E-state index is 12.4. The maximum absolute atomic E-state index is 12.4. The Labute approximate surface area is 116 Å². The molecule has 3 fully saturated rings. The van der Waals surface area contributed by atoms with Crippen LogP contribution < -0.4 is 5.32 Å². The average Bonchev–Trinajstić information content (AvgIpc) is 3.19. The van der Waals surface area contributed by atoms with E-state index < -0.39 is 0 Å². The fourth-order valence-electron chi connectivity index (χ4n) is 3.95. The number of nitrogens with one attached hydrogen (secondary N) is 1. The van der Waals surface area contributed by atoms with Gasteiger partial charge in [-0.25, -0.2) is 0 Å². The highest BCUT2D eigenvalue weighted by Crippen LogP contribution is 2.55. The number of rotatable bonds is 4. The second-order valence-corrected chi connectivity index (χ2v) is 6.49. The van der Waals surface area contributed by atoms with Crippen molar-refractivity contribution in [3.05, 3.63) is 0 Å². The highest BCUT2D eigenvalue weighted by atomic mass is 16.2. The Balaban J connectivity index is 1.42. The largest absolute Gasteiger partial charge is 0.344 e. The van der Waals surface area contributed by atoms with E-state index in [0.717, 1.165) is 51.1 Å². The number of nitrogens with zero attached hydrogens (tertiary/aromatic N) is 2. The van der Waals surface area contributed by atoms with Gasteiger partial charge in [0.15, 0.2) is 0 Å². The number of hydrogen-bond donors (Lipinski definition) is 1. The summed E-state index contributed by atoms with van der Waals surface area (Å²) >= 11 is 0. The van der Waals surface area contributed by atoms with Crippen molar-refractivity contribution in [2.45, 2.75) is 25.7 Å². The lowest BCUT2D eigenvalue weighted by Crippen LogP contribution is -2.46. The second-order valence-electron chi connectivity index (χ2n) is 6.49. The highest BCUT2D eigenvalue weighted by molar-refractivity contribution is 5.82. The van der Waals surface area contributed by atoms with Crippen LogP contribution >= 0.6 is 0 Å². The molecule has 0 aromatic rings. The molecule has 1 amide bonds. The minimum atomic E-state index is 0.385. The summed E-state index contributed by atoms with van der Waals surface area (Å²) in [6.45, 7) is 6.35. The SMILES string of the molecule is CN(CCN1CCNCC1)C(=O)C1C2CCCCC21. The van der Waals surface area contributed by atoms with E-state index in [-0.39, 0.29) is 0 Å². The van der Waals surface area contributed by atoms with Crippen molar-refractivity contribution in [2.75, 3.05) is 46.3 Å². The lowest BCUT2D eigenvalue weighted by Gasteiger charge is -2.29. The number of likely N-dealkylation sites (N-methyl/N-ethyl adjacent to an activating group) is 1. The lowest BCUT2D eigenvalue weighted by atomic mass is 10.0. The van der Waals surface area contributed by atoms with Gasteiger partial charge in [0.1, 0.15) is 0 Å². The molecule has 0 radical (unpaired) electrons. The summed E-state index contributed by atoms with van der Waals surface area (Å²) < 4.78 is 0. The van der Waals surface area contributed by atoms with Gasteiger partial charge in [0.25, 0.3) is 0 Å². The fourth-order valence-corrected chi connectivity index (χ4v) is 3.95.